The fourth-order valence-corrected chi connectivity index (χ4v) is 3.53. The topological polar surface area (TPSA) is 98.3 Å². The first-order valence-electron chi connectivity index (χ1n) is 10.2. The maximum absolute atomic E-state index is 14.5. The summed E-state index contributed by atoms with van der Waals surface area (Å²) in [4.78, 5) is 19.2. The van der Waals surface area contributed by atoms with Crippen LogP contribution in [-0.2, 0) is 12.8 Å². The molecule has 0 fully saturated rings. The second-order valence-corrected chi connectivity index (χ2v) is 7.43. The van der Waals surface area contributed by atoms with Crippen LogP contribution in [0.5, 0.6) is 5.75 Å². The molecule has 0 unspecified atom stereocenters. The van der Waals surface area contributed by atoms with Crippen LogP contribution in [0, 0.1) is 5.82 Å². The highest BCUT2D eigenvalue weighted by atomic mass is 19.4. The van der Waals surface area contributed by atoms with E-state index in [1.807, 2.05) is 0 Å². The Morgan fingerprint density at radius 2 is 1.69 bits per heavy atom. The van der Waals surface area contributed by atoms with Crippen LogP contribution in [0.1, 0.15) is 21.6 Å². The van der Waals surface area contributed by atoms with Gasteiger partial charge in [0.2, 0.25) is 0 Å². The highest BCUT2D eigenvalue weighted by molar-refractivity contribution is 5.92. The zero-order valence-corrected chi connectivity index (χ0v) is 17.9. The third-order valence-electron chi connectivity index (χ3n) is 5.10. The maximum atomic E-state index is 14.5. The number of carboxylic acids is 1. The minimum Gasteiger partial charge on any atom is -0.488 e. The summed E-state index contributed by atoms with van der Waals surface area (Å²) in [6.45, 7) is -0.263. The summed E-state index contributed by atoms with van der Waals surface area (Å²) in [5, 5.41) is 9.38. The minimum absolute atomic E-state index is 0.141. The standard InChI is InChI=1S/C25H17F4N3O3/c26-16-8-6-14(7-9-16)13-35-19-11-10-17(15-4-2-1-3-5-15)20(21(19)25(27,28)29)18-12-31-23(30)22(32-18)24(33)34/h1-12H,13H2,(H2,30,31)(H,33,34). The molecule has 0 saturated heterocycles. The fourth-order valence-electron chi connectivity index (χ4n) is 3.53. The van der Waals surface area contributed by atoms with Crippen molar-refractivity contribution in [2.24, 2.45) is 0 Å². The number of carbonyl (C=O) groups is 1. The quantitative estimate of drug-likeness (QED) is 0.335. The second-order valence-electron chi connectivity index (χ2n) is 7.43. The number of halogens is 4. The van der Waals surface area contributed by atoms with Crippen molar-refractivity contribution < 1.29 is 32.2 Å². The molecule has 0 saturated carbocycles. The van der Waals surface area contributed by atoms with Gasteiger partial charge in [-0.1, -0.05) is 42.5 Å². The van der Waals surface area contributed by atoms with Crippen LogP contribution in [0.4, 0.5) is 23.4 Å². The lowest BCUT2D eigenvalue weighted by Crippen LogP contribution is -2.14. The molecule has 0 amide bonds. The predicted molar refractivity (Wildman–Crippen MR) is 120 cm³/mol. The molecule has 35 heavy (non-hydrogen) atoms. The molecule has 3 aromatic carbocycles. The number of anilines is 1. The molecule has 0 radical (unpaired) electrons. The number of nitrogen functional groups attached to an aromatic ring is 1. The number of nitrogens with zero attached hydrogens (tertiary/aromatic N) is 2. The molecule has 3 N–H and O–H groups in total. The van der Waals surface area contributed by atoms with Crippen molar-refractivity contribution >= 4 is 11.8 Å². The Labute approximate surface area is 196 Å². The molecule has 0 atom stereocenters. The van der Waals surface area contributed by atoms with Gasteiger partial charge in [0.25, 0.3) is 0 Å². The molecule has 0 aliphatic rings. The summed E-state index contributed by atoms with van der Waals surface area (Å²) in [7, 11) is 0. The van der Waals surface area contributed by atoms with Gasteiger partial charge in [0.1, 0.15) is 23.7 Å². The molecular weight excluding hydrogens is 466 g/mol. The van der Waals surface area contributed by atoms with Gasteiger partial charge in [-0.05, 0) is 41.0 Å². The first-order valence-corrected chi connectivity index (χ1v) is 10.2. The molecule has 1 heterocycles. The number of nitrogens with two attached hydrogens (primary N) is 1. The summed E-state index contributed by atoms with van der Waals surface area (Å²) in [5.74, 6) is -2.96. The van der Waals surface area contributed by atoms with Crippen molar-refractivity contribution in [3.05, 3.63) is 95.6 Å². The lowest BCUT2D eigenvalue weighted by molar-refractivity contribution is -0.138. The molecule has 6 nitrogen and oxygen atoms in total. The molecule has 10 heteroatoms. The zero-order valence-electron chi connectivity index (χ0n) is 17.9. The summed E-state index contributed by atoms with van der Waals surface area (Å²) in [5.41, 5.74) is 4.02. The van der Waals surface area contributed by atoms with Gasteiger partial charge in [-0.25, -0.2) is 19.2 Å². The summed E-state index contributed by atoms with van der Waals surface area (Å²) < 4.78 is 62.2. The third-order valence-corrected chi connectivity index (χ3v) is 5.10. The molecule has 0 spiro atoms. The number of carboxylic acid groups (broad SMARTS) is 1. The lowest BCUT2D eigenvalue weighted by Gasteiger charge is -2.21. The maximum Gasteiger partial charge on any atom is 0.420 e. The van der Waals surface area contributed by atoms with Gasteiger partial charge in [0, 0.05) is 5.56 Å². The number of hydrogen-bond acceptors (Lipinski definition) is 5. The van der Waals surface area contributed by atoms with Crippen LogP contribution < -0.4 is 10.5 Å². The highest BCUT2D eigenvalue weighted by Gasteiger charge is 2.39. The van der Waals surface area contributed by atoms with Gasteiger partial charge >= 0.3 is 12.1 Å². The van der Waals surface area contributed by atoms with E-state index in [0.29, 0.717) is 11.1 Å². The van der Waals surface area contributed by atoms with Crippen LogP contribution in [-0.4, -0.2) is 21.0 Å². The SMILES string of the molecule is Nc1ncc(-c2c(-c3ccccc3)ccc(OCc3ccc(F)cc3)c2C(F)(F)F)nc1C(=O)O. The number of rotatable bonds is 6. The van der Waals surface area contributed by atoms with Crippen molar-refractivity contribution in [1.29, 1.82) is 0 Å². The molecular formula is C25H17F4N3O3. The van der Waals surface area contributed by atoms with Crippen molar-refractivity contribution in [2.45, 2.75) is 12.8 Å². The molecule has 0 aliphatic carbocycles. The van der Waals surface area contributed by atoms with E-state index in [1.165, 1.54) is 36.4 Å². The number of ether oxygens (including phenoxy) is 1. The Hall–Kier alpha value is -4.47. The summed E-state index contributed by atoms with van der Waals surface area (Å²) in [6.07, 6.45) is -3.92. The van der Waals surface area contributed by atoms with Crippen LogP contribution in [0.3, 0.4) is 0 Å². The highest BCUT2D eigenvalue weighted by Crippen LogP contribution is 2.47. The fraction of sp³-hybridized carbons (Fsp3) is 0.0800. The number of benzene rings is 3. The number of alkyl halides is 3. The number of hydrogen-bond donors (Lipinski definition) is 2. The second kappa shape index (κ2) is 9.41. The Morgan fingerprint density at radius 1 is 1.00 bits per heavy atom. The molecule has 178 valence electrons. The average molecular weight is 483 g/mol. The Bertz CT molecular complexity index is 1380. The smallest absolute Gasteiger partial charge is 0.420 e. The molecule has 0 aliphatic heterocycles. The van der Waals surface area contributed by atoms with E-state index in [0.717, 1.165) is 6.20 Å². The van der Waals surface area contributed by atoms with E-state index in [4.69, 9.17) is 10.5 Å². The zero-order chi connectivity index (χ0) is 25.2. The molecule has 4 aromatic rings. The lowest BCUT2D eigenvalue weighted by atomic mass is 9.92. The molecule has 0 bridgehead atoms. The van der Waals surface area contributed by atoms with Crippen molar-refractivity contribution in [3.63, 3.8) is 0 Å². The van der Waals surface area contributed by atoms with Gasteiger partial charge in [-0.3, -0.25) is 0 Å². The van der Waals surface area contributed by atoms with Crippen molar-refractivity contribution in [2.75, 3.05) is 5.73 Å². The van der Waals surface area contributed by atoms with Crippen LogP contribution in [0.2, 0.25) is 0 Å². The Balaban J connectivity index is 1.94. The van der Waals surface area contributed by atoms with Crippen LogP contribution in [0.25, 0.3) is 22.4 Å². The first-order chi connectivity index (χ1) is 16.6. The van der Waals surface area contributed by atoms with Crippen molar-refractivity contribution in [1.82, 2.24) is 9.97 Å². The Kier molecular flexibility index (Phi) is 6.37. The van der Waals surface area contributed by atoms with E-state index in [9.17, 15) is 27.5 Å². The minimum atomic E-state index is -4.91. The number of aromatic nitrogens is 2. The molecule has 1 aromatic heterocycles. The largest absolute Gasteiger partial charge is 0.488 e. The Morgan fingerprint density at radius 3 is 2.31 bits per heavy atom. The van der Waals surface area contributed by atoms with E-state index >= 15 is 0 Å². The first kappa shape index (κ1) is 23.7. The molecule has 4 rings (SSSR count). The third kappa shape index (κ3) is 5.06. The van der Waals surface area contributed by atoms with E-state index in [1.54, 1.807) is 30.3 Å². The van der Waals surface area contributed by atoms with Crippen LogP contribution in [0.15, 0.2) is 72.9 Å². The monoisotopic (exact) mass is 483 g/mol. The summed E-state index contributed by atoms with van der Waals surface area (Å²) in [6, 6.07) is 16.0. The van der Waals surface area contributed by atoms with Gasteiger partial charge < -0.3 is 15.6 Å². The summed E-state index contributed by atoms with van der Waals surface area (Å²) >= 11 is 0. The number of aromatic carboxylic acids is 1. The van der Waals surface area contributed by atoms with Crippen LogP contribution >= 0.6 is 0 Å². The van der Waals surface area contributed by atoms with Gasteiger partial charge in [0.15, 0.2) is 11.5 Å². The van der Waals surface area contributed by atoms with E-state index < -0.39 is 46.4 Å². The van der Waals surface area contributed by atoms with E-state index in [2.05, 4.69) is 9.97 Å². The normalized spacial score (nSPS) is 11.3. The van der Waals surface area contributed by atoms with Gasteiger partial charge in [0.05, 0.1) is 11.9 Å². The van der Waals surface area contributed by atoms with Crippen molar-refractivity contribution in [3.8, 4) is 28.1 Å². The van der Waals surface area contributed by atoms with Gasteiger partial charge in [-0.2, -0.15) is 13.2 Å². The van der Waals surface area contributed by atoms with Gasteiger partial charge in [-0.15, -0.1) is 0 Å². The average Bonchev–Trinajstić information content (AvgIpc) is 2.83. The predicted octanol–water partition coefficient (Wildman–Crippen LogP) is 5.83. The van der Waals surface area contributed by atoms with E-state index in [-0.39, 0.29) is 17.9 Å².